The van der Waals surface area contributed by atoms with Gasteiger partial charge in [0.05, 0.1) is 12.8 Å². The van der Waals surface area contributed by atoms with Crippen molar-refractivity contribution in [3.8, 4) is 17.2 Å². The molecule has 1 amide bonds. The summed E-state index contributed by atoms with van der Waals surface area (Å²) in [6.45, 7) is 5.90. The van der Waals surface area contributed by atoms with Crippen LogP contribution in [-0.4, -0.2) is 29.9 Å². The number of amides is 1. The Balaban J connectivity index is 1.91. The first-order valence-corrected chi connectivity index (χ1v) is 8.01. The van der Waals surface area contributed by atoms with Gasteiger partial charge in [-0.3, -0.25) is 4.79 Å². The number of hydrazone groups is 1. The number of carbonyl (C=O) groups is 1. The summed E-state index contributed by atoms with van der Waals surface area (Å²) in [6, 6.07) is 12.3. The summed E-state index contributed by atoms with van der Waals surface area (Å²) in [4.78, 5) is 12.0. The van der Waals surface area contributed by atoms with Gasteiger partial charge in [0.15, 0.2) is 17.6 Å². The Morgan fingerprint density at radius 3 is 2.68 bits per heavy atom. The second-order valence-corrected chi connectivity index (χ2v) is 5.47. The summed E-state index contributed by atoms with van der Waals surface area (Å²) < 4.78 is 10.9. The van der Waals surface area contributed by atoms with E-state index in [1.54, 1.807) is 19.1 Å². The number of phenolic OH excluding ortho intramolecular Hbond substituents is 1. The summed E-state index contributed by atoms with van der Waals surface area (Å²) in [7, 11) is 0. The molecule has 0 spiro atoms. The molecule has 25 heavy (non-hydrogen) atoms. The van der Waals surface area contributed by atoms with E-state index in [2.05, 4.69) is 10.5 Å². The largest absolute Gasteiger partial charge is 0.504 e. The average molecular weight is 342 g/mol. The third kappa shape index (κ3) is 5.53. The highest BCUT2D eigenvalue weighted by Crippen LogP contribution is 2.26. The fourth-order valence-corrected chi connectivity index (χ4v) is 2.02. The number of aryl methyl sites for hydroxylation is 1. The van der Waals surface area contributed by atoms with Crippen molar-refractivity contribution in [1.82, 2.24) is 5.43 Å². The maximum absolute atomic E-state index is 12.0. The predicted molar refractivity (Wildman–Crippen MR) is 96.3 cm³/mol. The first-order chi connectivity index (χ1) is 12.0. The lowest BCUT2D eigenvalue weighted by atomic mass is 10.2. The zero-order valence-electron chi connectivity index (χ0n) is 14.5. The number of aromatic hydroxyl groups is 1. The Morgan fingerprint density at radius 2 is 2.00 bits per heavy atom. The molecule has 0 unspecified atom stereocenters. The van der Waals surface area contributed by atoms with Gasteiger partial charge in [-0.1, -0.05) is 17.7 Å². The van der Waals surface area contributed by atoms with E-state index in [0.717, 1.165) is 5.56 Å². The van der Waals surface area contributed by atoms with Crippen LogP contribution in [0.5, 0.6) is 17.2 Å². The molecule has 0 aromatic heterocycles. The van der Waals surface area contributed by atoms with Gasteiger partial charge in [-0.05, 0) is 56.7 Å². The molecule has 0 saturated carbocycles. The Morgan fingerprint density at radius 1 is 1.28 bits per heavy atom. The summed E-state index contributed by atoms with van der Waals surface area (Å²) in [6.07, 6.45) is 0.789. The number of rotatable bonds is 7. The molecule has 0 fully saturated rings. The molecule has 2 aromatic carbocycles. The van der Waals surface area contributed by atoms with Crippen LogP contribution in [0.2, 0.25) is 0 Å². The highest BCUT2D eigenvalue weighted by molar-refractivity contribution is 5.84. The van der Waals surface area contributed by atoms with Crippen LogP contribution >= 0.6 is 0 Å². The van der Waals surface area contributed by atoms with Crippen LogP contribution in [0.3, 0.4) is 0 Å². The lowest BCUT2D eigenvalue weighted by Crippen LogP contribution is -2.33. The van der Waals surface area contributed by atoms with Crippen molar-refractivity contribution >= 4 is 12.1 Å². The molecule has 2 N–H and O–H groups in total. The number of nitrogens with zero attached hydrogens (tertiary/aromatic N) is 1. The monoisotopic (exact) mass is 342 g/mol. The lowest BCUT2D eigenvalue weighted by molar-refractivity contribution is -0.127. The van der Waals surface area contributed by atoms with Crippen LogP contribution in [0.15, 0.2) is 47.6 Å². The molecular weight excluding hydrogens is 320 g/mol. The maximum Gasteiger partial charge on any atom is 0.280 e. The second-order valence-electron chi connectivity index (χ2n) is 5.47. The molecule has 6 heteroatoms. The van der Waals surface area contributed by atoms with E-state index >= 15 is 0 Å². The molecule has 6 nitrogen and oxygen atoms in total. The molecule has 0 aliphatic rings. The van der Waals surface area contributed by atoms with Crippen LogP contribution in [0.25, 0.3) is 0 Å². The SMILES string of the molecule is CCOc1cc(C=NNC(=O)[C@H](C)Oc2ccc(C)cc2)ccc1O. The van der Waals surface area contributed by atoms with Crippen molar-refractivity contribution in [1.29, 1.82) is 0 Å². The minimum Gasteiger partial charge on any atom is -0.504 e. The van der Waals surface area contributed by atoms with E-state index < -0.39 is 6.10 Å². The summed E-state index contributed by atoms with van der Waals surface area (Å²) in [5.41, 5.74) is 4.24. The molecule has 0 bridgehead atoms. The van der Waals surface area contributed by atoms with Crippen LogP contribution < -0.4 is 14.9 Å². The van der Waals surface area contributed by atoms with Crippen molar-refractivity contribution < 1.29 is 19.4 Å². The van der Waals surface area contributed by atoms with Gasteiger partial charge in [-0.25, -0.2) is 5.43 Å². The molecule has 132 valence electrons. The number of nitrogens with one attached hydrogen (secondary N) is 1. The highest BCUT2D eigenvalue weighted by Gasteiger charge is 2.13. The topological polar surface area (TPSA) is 80.2 Å². The van der Waals surface area contributed by atoms with Crippen LogP contribution in [0.1, 0.15) is 25.0 Å². The van der Waals surface area contributed by atoms with Gasteiger partial charge in [0, 0.05) is 0 Å². The average Bonchev–Trinajstić information content (AvgIpc) is 2.59. The van der Waals surface area contributed by atoms with Crippen molar-refractivity contribution in [2.24, 2.45) is 5.10 Å². The minimum atomic E-state index is -0.682. The minimum absolute atomic E-state index is 0.0585. The Kier molecular flexibility index (Phi) is 6.39. The van der Waals surface area contributed by atoms with Gasteiger partial charge in [0.1, 0.15) is 5.75 Å². The third-order valence-electron chi connectivity index (χ3n) is 3.38. The van der Waals surface area contributed by atoms with Crippen molar-refractivity contribution in [3.05, 3.63) is 53.6 Å². The molecule has 1 atom stereocenters. The second kappa shape index (κ2) is 8.73. The van der Waals surface area contributed by atoms with Gasteiger partial charge in [-0.15, -0.1) is 0 Å². The summed E-state index contributed by atoms with van der Waals surface area (Å²) in [5.74, 6) is 0.690. The number of hydrogen-bond acceptors (Lipinski definition) is 5. The summed E-state index contributed by atoms with van der Waals surface area (Å²) >= 11 is 0. The Bertz CT molecular complexity index is 742. The van der Waals surface area contributed by atoms with E-state index in [-0.39, 0.29) is 11.7 Å². The van der Waals surface area contributed by atoms with Gasteiger partial charge < -0.3 is 14.6 Å². The van der Waals surface area contributed by atoms with E-state index in [9.17, 15) is 9.90 Å². The van der Waals surface area contributed by atoms with E-state index in [1.165, 1.54) is 12.3 Å². The van der Waals surface area contributed by atoms with Gasteiger partial charge in [0.25, 0.3) is 5.91 Å². The zero-order chi connectivity index (χ0) is 18.2. The number of carbonyl (C=O) groups excluding carboxylic acids is 1. The van der Waals surface area contributed by atoms with Gasteiger partial charge >= 0.3 is 0 Å². The van der Waals surface area contributed by atoms with Crippen molar-refractivity contribution in [2.75, 3.05) is 6.61 Å². The maximum atomic E-state index is 12.0. The number of phenols is 1. The van der Waals surface area contributed by atoms with Crippen molar-refractivity contribution in [3.63, 3.8) is 0 Å². The molecule has 0 aliphatic carbocycles. The van der Waals surface area contributed by atoms with E-state index in [1.807, 2.05) is 38.1 Å². The standard InChI is InChI=1S/C19H22N2O4/c1-4-24-18-11-15(7-10-17(18)22)12-20-21-19(23)14(3)25-16-8-5-13(2)6-9-16/h5-12,14,22H,4H2,1-3H3,(H,21,23)/t14-/m0/s1. The van der Waals surface area contributed by atoms with Gasteiger partial charge in [0.2, 0.25) is 0 Å². The number of benzene rings is 2. The quantitative estimate of drug-likeness (QED) is 0.599. The Labute approximate surface area is 147 Å². The first-order valence-electron chi connectivity index (χ1n) is 8.01. The number of ether oxygens (including phenoxy) is 2. The smallest absolute Gasteiger partial charge is 0.280 e. The lowest BCUT2D eigenvalue weighted by Gasteiger charge is -2.13. The van der Waals surface area contributed by atoms with Gasteiger partial charge in [-0.2, -0.15) is 5.10 Å². The molecule has 0 heterocycles. The van der Waals surface area contributed by atoms with Crippen LogP contribution in [0.4, 0.5) is 0 Å². The van der Waals surface area contributed by atoms with Crippen LogP contribution in [-0.2, 0) is 4.79 Å². The summed E-state index contributed by atoms with van der Waals surface area (Å²) in [5, 5.41) is 13.6. The normalized spacial score (nSPS) is 12.0. The molecule has 0 saturated heterocycles. The fourth-order valence-electron chi connectivity index (χ4n) is 2.02. The van der Waals surface area contributed by atoms with Crippen molar-refractivity contribution in [2.45, 2.75) is 26.9 Å². The zero-order valence-corrected chi connectivity index (χ0v) is 14.5. The molecule has 0 radical (unpaired) electrons. The molecule has 0 aliphatic heterocycles. The van der Waals surface area contributed by atoms with E-state index in [0.29, 0.717) is 23.7 Å². The number of hydrogen-bond donors (Lipinski definition) is 2. The highest BCUT2D eigenvalue weighted by atomic mass is 16.5. The fraction of sp³-hybridized carbons (Fsp3) is 0.263. The van der Waals surface area contributed by atoms with Crippen LogP contribution in [0, 0.1) is 6.92 Å². The first kappa shape index (κ1) is 18.3. The molecular formula is C19H22N2O4. The Hall–Kier alpha value is -3.02. The molecule has 2 rings (SSSR count). The van der Waals surface area contributed by atoms with E-state index in [4.69, 9.17) is 9.47 Å². The third-order valence-corrected chi connectivity index (χ3v) is 3.38. The molecule has 2 aromatic rings. The predicted octanol–water partition coefficient (Wildman–Crippen LogP) is 3.02.